The second-order valence-corrected chi connectivity index (χ2v) is 7.35. The average Bonchev–Trinajstić information content (AvgIpc) is 2.30. The van der Waals surface area contributed by atoms with Crippen LogP contribution in [0, 0.1) is 5.41 Å². The molecule has 0 amide bonds. The fraction of sp³-hybridized carbons (Fsp3) is 0.636. The van der Waals surface area contributed by atoms with Gasteiger partial charge in [0.2, 0.25) is 0 Å². The van der Waals surface area contributed by atoms with Crippen LogP contribution in [0.3, 0.4) is 0 Å². The molecule has 0 atom stereocenters. The predicted molar refractivity (Wildman–Crippen MR) is 57.7 cm³/mol. The van der Waals surface area contributed by atoms with E-state index in [1.807, 2.05) is 0 Å². The van der Waals surface area contributed by atoms with Crippen LogP contribution < -0.4 is 0 Å². The quantitative estimate of drug-likeness (QED) is 0.540. The second kappa shape index (κ2) is 3.21. The van der Waals surface area contributed by atoms with Gasteiger partial charge < -0.3 is 0 Å². The van der Waals surface area contributed by atoms with Gasteiger partial charge in [-0.2, -0.15) is 0 Å². The van der Waals surface area contributed by atoms with Crippen molar-refractivity contribution in [2.45, 2.75) is 40.3 Å². The molecule has 0 aromatic heterocycles. The lowest BCUT2D eigenvalue weighted by atomic mass is 9.87. The third-order valence-corrected chi connectivity index (χ3v) is 4.02. The number of rotatable bonds is 1. The van der Waals surface area contributed by atoms with E-state index in [-0.39, 0.29) is 8.80 Å². The van der Waals surface area contributed by atoms with Crippen molar-refractivity contribution in [3.63, 3.8) is 0 Å². The standard InChI is InChI=1S/C11H19Si/c1-11(2,3)9-7-6-8-10(9)12(4)5/h6-7H,8H2,1-5H3. The van der Waals surface area contributed by atoms with Crippen LogP contribution >= 0.6 is 0 Å². The highest BCUT2D eigenvalue weighted by Gasteiger charge is 2.22. The summed E-state index contributed by atoms with van der Waals surface area (Å²) >= 11 is 0. The van der Waals surface area contributed by atoms with Crippen molar-refractivity contribution >= 4 is 8.80 Å². The summed E-state index contributed by atoms with van der Waals surface area (Å²) in [5.41, 5.74) is 1.95. The summed E-state index contributed by atoms with van der Waals surface area (Å²) < 4.78 is 0. The van der Waals surface area contributed by atoms with Gasteiger partial charge in [0.25, 0.3) is 0 Å². The number of hydrogen-bond acceptors (Lipinski definition) is 0. The van der Waals surface area contributed by atoms with E-state index in [4.69, 9.17) is 0 Å². The van der Waals surface area contributed by atoms with Crippen LogP contribution in [0.25, 0.3) is 0 Å². The Labute approximate surface area is 78.0 Å². The molecule has 0 heterocycles. The molecule has 0 saturated carbocycles. The van der Waals surface area contributed by atoms with Crippen LogP contribution in [0.4, 0.5) is 0 Å². The number of hydrogen-bond donors (Lipinski definition) is 0. The van der Waals surface area contributed by atoms with Gasteiger partial charge in [0.15, 0.2) is 0 Å². The highest BCUT2D eigenvalue weighted by atomic mass is 28.3. The normalized spacial score (nSPS) is 18.2. The Balaban J connectivity index is 2.98. The molecule has 1 heteroatoms. The molecule has 0 N–H and O–H groups in total. The summed E-state index contributed by atoms with van der Waals surface area (Å²) in [5, 5.41) is 1.73. The fourth-order valence-electron chi connectivity index (χ4n) is 1.68. The molecule has 0 nitrogen and oxygen atoms in total. The van der Waals surface area contributed by atoms with Crippen LogP contribution in [0.15, 0.2) is 22.9 Å². The molecule has 12 heavy (non-hydrogen) atoms. The molecule has 0 aromatic rings. The lowest BCUT2D eigenvalue weighted by Gasteiger charge is -2.23. The Hall–Kier alpha value is -0.303. The molecule has 0 spiro atoms. The molecule has 67 valence electrons. The summed E-state index contributed by atoms with van der Waals surface area (Å²) in [5.74, 6) is 0. The lowest BCUT2D eigenvalue weighted by molar-refractivity contribution is 0.516. The Morgan fingerprint density at radius 1 is 1.25 bits per heavy atom. The largest absolute Gasteiger partial charge is 0.0806 e. The van der Waals surface area contributed by atoms with Gasteiger partial charge in [-0.05, 0) is 17.4 Å². The van der Waals surface area contributed by atoms with Crippen molar-refractivity contribution in [2.24, 2.45) is 5.41 Å². The zero-order valence-electron chi connectivity index (χ0n) is 8.86. The summed E-state index contributed by atoms with van der Waals surface area (Å²) in [6.07, 6.45) is 5.86. The molecule has 0 aromatic carbocycles. The summed E-state index contributed by atoms with van der Waals surface area (Å²) in [6.45, 7) is 11.7. The van der Waals surface area contributed by atoms with Crippen LogP contribution in [-0.4, -0.2) is 8.80 Å². The first kappa shape index (κ1) is 9.78. The van der Waals surface area contributed by atoms with Gasteiger partial charge in [0.1, 0.15) is 0 Å². The van der Waals surface area contributed by atoms with Crippen molar-refractivity contribution < 1.29 is 0 Å². The Kier molecular flexibility index (Phi) is 2.62. The Morgan fingerprint density at radius 2 is 1.83 bits per heavy atom. The molecule has 0 bridgehead atoms. The van der Waals surface area contributed by atoms with Crippen molar-refractivity contribution in [3.05, 3.63) is 22.9 Å². The average molecular weight is 179 g/mol. The molecule has 1 radical (unpaired) electrons. The minimum Gasteiger partial charge on any atom is -0.0806 e. The van der Waals surface area contributed by atoms with E-state index in [2.05, 4.69) is 46.0 Å². The third-order valence-electron chi connectivity index (χ3n) is 2.34. The topological polar surface area (TPSA) is 0 Å². The molecular weight excluding hydrogens is 160 g/mol. The Bertz CT molecular complexity index is 226. The minimum absolute atomic E-state index is 0.226. The van der Waals surface area contributed by atoms with E-state index in [0.717, 1.165) is 0 Å². The predicted octanol–water partition coefficient (Wildman–Crippen LogP) is 3.58. The molecule has 1 rings (SSSR count). The highest BCUT2D eigenvalue weighted by molar-refractivity contribution is 6.64. The molecule has 1 aliphatic carbocycles. The monoisotopic (exact) mass is 179 g/mol. The van der Waals surface area contributed by atoms with Gasteiger partial charge in [0.05, 0.1) is 8.80 Å². The van der Waals surface area contributed by atoms with Crippen molar-refractivity contribution in [2.75, 3.05) is 0 Å². The smallest absolute Gasteiger partial charge is 0.0745 e. The zero-order valence-corrected chi connectivity index (χ0v) is 9.86. The minimum atomic E-state index is -0.226. The SMILES string of the molecule is C[Si](C)C1=C(C(C)(C)C)C=CC1. The van der Waals surface area contributed by atoms with Crippen molar-refractivity contribution in [3.8, 4) is 0 Å². The van der Waals surface area contributed by atoms with Crippen LogP contribution in [0.2, 0.25) is 13.1 Å². The van der Waals surface area contributed by atoms with Crippen molar-refractivity contribution in [1.82, 2.24) is 0 Å². The molecule has 0 aliphatic heterocycles. The highest BCUT2D eigenvalue weighted by Crippen LogP contribution is 2.35. The fourth-order valence-corrected chi connectivity index (χ4v) is 3.20. The number of allylic oxidation sites excluding steroid dienone is 4. The molecule has 0 unspecified atom stereocenters. The van der Waals surface area contributed by atoms with Gasteiger partial charge in [-0.1, -0.05) is 51.2 Å². The summed E-state index contributed by atoms with van der Waals surface area (Å²) in [7, 11) is -0.226. The van der Waals surface area contributed by atoms with Gasteiger partial charge in [-0.3, -0.25) is 0 Å². The van der Waals surface area contributed by atoms with Crippen LogP contribution in [0.1, 0.15) is 27.2 Å². The van der Waals surface area contributed by atoms with E-state index >= 15 is 0 Å². The maximum absolute atomic E-state index is 2.39. The molecular formula is C11H19Si. The maximum atomic E-state index is 2.39. The van der Waals surface area contributed by atoms with E-state index in [0.29, 0.717) is 5.41 Å². The van der Waals surface area contributed by atoms with E-state index in [1.165, 1.54) is 6.42 Å². The Morgan fingerprint density at radius 3 is 2.17 bits per heavy atom. The second-order valence-electron chi connectivity index (χ2n) is 4.75. The van der Waals surface area contributed by atoms with Crippen molar-refractivity contribution in [1.29, 1.82) is 0 Å². The molecule has 0 fully saturated rings. The molecule has 0 saturated heterocycles. The van der Waals surface area contributed by atoms with Gasteiger partial charge >= 0.3 is 0 Å². The first-order valence-corrected chi connectivity index (χ1v) is 7.13. The van der Waals surface area contributed by atoms with Gasteiger partial charge in [-0.15, -0.1) is 0 Å². The van der Waals surface area contributed by atoms with E-state index < -0.39 is 0 Å². The van der Waals surface area contributed by atoms with Gasteiger partial charge in [0, 0.05) is 0 Å². The maximum Gasteiger partial charge on any atom is 0.0745 e. The van der Waals surface area contributed by atoms with Crippen LogP contribution in [0.5, 0.6) is 0 Å². The summed E-state index contributed by atoms with van der Waals surface area (Å²) in [6, 6.07) is 0. The zero-order chi connectivity index (χ0) is 9.35. The van der Waals surface area contributed by atoms with Crippen LogP contribution in [-0.2, 0) is 0 Å². The summed E-state index contributed by atoms with van der Waals surface area (Å²) in [4.78, 5) is 0. The first-order valence-electron chi connectivity index (χ1n) is 4.63. The molecule has 1 aliphatic rings. The first-order chi connectivity index (χ1) is 5.43. The lowest BCUT2D eigenvalue weighted by Crippen LogP contribution is -2.14. The third kappa shape index (κ3) is 1.89. The van der Waals surface area contributed by atoms with Gasteiger partial charge in [-0.25, -0.2) is 0 Å². The van der Waals surface area contributed by atoms with E-state index in [1.54, 1.807) is 10.8 Å². The van der Waals surface area contributed by atoms with E-state index in [9.17, 15) is 0 Å².